The highest BCUT2D eigenvalue weighted by Gasteiger charge is 2.40. The molecule has 2 aliphatic heterocycles. The lowest BCUT2D eigenvalue weighted by atomic mass is 9.91. The minimum Gasteiger partial charge on any atom is -0.493 e. The first kappa shape index (κ1) is 14.0. The van der Waals surface area contributed by atoms with E-state index in [0.717, 1.165) is 34.6 Å². The molecule has 3 heterocycles. The van der Waals surface area contributed by atoms with Gasteiger partial charge in [0.1, 0.15) is 0 Å². The molecule has 0 N–H and O–H groups in total. The number of fused-ring (bicyclic) bond motifs is 2. The van der Waals surface area contributed by atoms with Gasteiger partial charge in [0.15, 0.2) is 11.5 Å². The quantitative estimate of drug-likeness (QED) is 0.807. The zero-order valence-electron chi connectivity index (χ0n) is 12.0. The molecular weight excluding hydrogens is 274 g/mol. The minimum absolute atomic E-state index is 0.507. The van der Waals surface area contributed by atoms with E-state index in [2.05, 4.69) is 4.98 Å². The van der Waals surface area contributed by atoms with E-state index in [4.69, 9.17) is 14.2 Å². The summed E-state index contributed by atoms with van der Waals surface area (Å²) in [5, 5.41) is 0. The molecule has 2 bridgehead atoms. The van der Waals surface area contributed by atoms with Gasteiger partial charge in [0.2, 0.25) is 0 Å². The number of nitrogens with zero attached hydrogens (tertiary/aromatic N) is 1. The van der Waals surface area contributed by atoms with Crippen molar-refractivity contribution in [2.24, 2.45) is 5.92 Å². The van der Waals surface area contributed by atoms with Gasteiger partial charge < -0.3 is 14.2 Å². The Morgan fingerprint density at radius 1 is 1.35 bits per heavy atom. The Hall–Kier alpha value is -0.940. The third-order valence-corrected chi connectivity index (χ3v) is 5.31. The average Bonchev–Trinajstić information content (AvgIpc) is 3.09. The van der Waals surface area contributed by atoms with Crippen LogP contribution < -0.4 is 9.47 Å². The van der Waals surface area contributed by atoms with Crippen LogP contribution in [0.4, 0.5) is 0 Å². The molecule has 3 atom stereocenters. The molecule has 0 spiro atoms. The second-order valence-corrected chi connectivity index (χ2v) is 6.41. The standard InChI is InChI=1S/C15H21NO3S/c1-17-14-5-6-16-12(15(14)18-2)9-20-8-10-7-11-3-4-13(10)19-11/h5-6,10-11,13H,3-4,7-9H2,1-2H3. The minimum atomic E-state index is 0.507. The van der Waals surface area contributed by atoms with E-state index in [0.29, 0.717) is 12.2 Å². The van der Waals surface area contributed by atoms with Gasteiger partial charge in [-0.1, -0.05) is 0 Å². The molecule has 0 aliphatic carbocycles. The van der Waals surface area contributed by atoms with Gasteiger partial charge in [-0.3, -0.25) is 4.98 Å². The number of pyridine rings is 1. The topological polar surface area (TPSA) is 40.6 Å². The molecule has 5 heteroatoms. The van der Waals surface area contributed by atoms with Crippen molar-refractivity contribution in [1.29, 1.82) is 0 Å². The van der Waals surface area contributed by atoms with Crippen molar-refractivity contribution in [1.82, 2.24) is 4.98 Å². The molecule has 0 aromatic carbocycles. The predicted molar refractivity (Wildman–Crippen MR) is 79.5 cm³/mol. The fourth-order valence-electron chi connectivity index (χ4n) is 3.18. The van der Waals surface area contributed by atoms with Crippen molar-refractivity contribution in [2.75, 3.05) is 20.0 Å². The highest BCUT2D eigenvalue weighted by atomic mass is 32.2. The molecule has 1 aromatic heterocycles. The maximum atomic E-state index is 5.90. The van der Waals surface area contributed by atoms with Crippen LogP contribution in [0.3, 0.4) is 0 Å². The van der Waals surface area contributed by atoms with Gasteiger partial charge in [0.05, 0.1) is 32.1 Å². The van der Waals surface area contributed by atoms with E-state index in [1.165, 1.54) is 19.3 Å². The van der Waals surface area contributed by atoms with Crippen molar-refractivity contribution in [2.45, 2.75) is 37.2 Å². The summed E-state index contributed by atoms with van der Waals surface area (Å²) in [6, 6.07) is 1.83. The Morgan fingerprint density at radius 3 is 2.90 bits per heavy atom. The number of ether oxygens (including phenoxy) is 3. The number of rotatable bonds is 6. The Bertz CT molecular complexity index is 468. The summed E-state index contributed by atoms with van der Waals surface area (Å²) in [5.74, 6) is 4.22. The SMILES string of the molecule is COc1ccnc(CSCC2CC3CCC2O3)c1OC. The highest BCUT2D eigenvalue weighted by molar-refractivity contribution is 7.98. The number of methoxy groups -OCH3 is 2. The van der Waals surface area contributed by atoms with Crippen LogP contribution in [-0.4, -0.2) is 37.2 Å². The maximum Gasteiger partial charge on any atom is 0.183 e. The van der Waals surface area contributed by atoms with Crippen LogP contribution in [0.1, 0.15) is 25.0 Å². The molecule has 3 unspecified atom stereocenters. The van der Waals surface area contributed by atoms with Gasteiger partial charge in [-0.2, -0.15) is 11.8 Å². The molecule has 0 radical (unpaired) electrons. The second-order valence-electron chi connectivity index (χ2n) is 5.38. The van der Waals surface area contributed by atoms with Crippen LogP contribution >= 0.6 is 11.8 Å². The first-order chi connectivity index (χ1) is 9.81. The summed E-state index contributed by atoms with van der Waals surface area (Å²) in [4.78, 5) is 4.41. The number of aromatic nitrogens is 1. The molecule has 2 fully saturated rings. The molecule has 20 heavy (non-hydrogen) atoms. The summed E-state index contributed by atoms with van der Waals surface area (Å²) in [6.45, 7) is 0. The van der Waals surface area contributed by atoms with Crippen molar-refractivity contribution in [3.8, 4) is 11.5 Å². The van der Waals surface area contributed by atoms with Crippen LogP contribution in [0, 0.1) is 5.92 Å². The van der Waals surface area contributed by atoms with E-state index >= 15 is 0 Å². The molecule has 2 aliphatic rings. The lowest BCUT2D eigenvalue weighted by Crippen LogP contribution is -2.18. The lowest BCUT2D eigenvalue weighted by Gasteiger charge is -2.18. The molecule has 0 amide bonds. The van der Waals surface area contributed by atoms with Crippen molar-refractivity contribution >= 4 is 11.8 Å². The average molecular weight is 295 g/mol. The summed E-state index contributed by atoms with van der Waals surface area (Å²) in [5.41, 5.74) is 0.959. The van der Waals surface area contributed by atoms with Crippen LogP contribution in [0.15, 0.2) is 12.3 Å². The van der Waals surface area contributed by atoms with E-state index in [-0.39, 0.29) is 0 Å². The van der Waals surface area contributed by atoms with E-state index < -0.39 is 0 Å². The van der Waals surface area contributed by atoms with Crippen molar-refractivity contribution < 1.29 is 14.2 Å². The largest absolute Gasteiger partial charge is 0.493 e. The third-order valence-electron chi connectivity index (χ3n) is 4.17. The van der Waals surface area contributed by atoms with Gasteiger partial charge in [-0.25, -0.2) is 0 Å². The first-order valence-electron chi connectivity index (χ1n) is 7.11. The lowest BCUT2D eigenvalue weighted by molar-refractivity contribution is 0.0954. The molecule has 4 nitrogen and oxygen atoms in total. The highest BCUT2D eigenvalue weighted by Crippen LogP contribution is 2.41. The van der Waals surface area contributed by atoms with Crippen LogP contribution in [-0.2, 0) is 10.5 Å². The van der Waals surface area contributed by atoms with Crippen molar-refractivity contribution in [3.05, 3.63) is 18.0 Å². The monoisotopic (exact) mass is 295 g/mol. The Morgan fingerprint density at radius 2 is 2.25 bits per heavy atom. The van der Waals surface area contributed by atoms with Gasteiger partial charge in [-0.15, -0.1) is 0 Å². The third kappa shape index (κ3) is 2.74. The van der Waals surface area contributed by atoms with Gasteiger partial charge in [-0.05, 0) is 30.9 Å². The van der Waals surface area contributed by atoms with Crippen molar-refractivity contribution in [3.63, 3.8) is 0 Å². The molecule has 3 rings (SSSR count). The first-order valence-corrected chi connectivity index (χ1v) is 8.26. The van der Waals surface area contributed by atoms with E-state index in [1.54, 1.807) is 20.4 Å². The zero-order valence-corrected chi connectivity index (χ0v) is 12.8. The molecule has 0 saturated carbocycles. The molecule has 1 aromatic rings. The van der Waals surface area contributed by atoms with Crippen LogP contribution in [0.2, 0.25) is 0 Å². The Balaban J connectivity index is 1.56. The predicted octanol–water partition coefficient (Wildman–Crippen LogP) is 2.90. The van der Waals surface area contributed by atoms with Gasteiger partial charge in [0, 0.05) is 18.0 Å². The van der Waals surface area contributed by atoms with Crippen LogP contribution in [0.25, 0.3) is 0 Å². The summed E-state index contributed by atoms with van der Waals surface area (Å²) < 4.78 is 16.6. The fourth-order valence-corrected chi connectivity index (χ4v) is 4.35. The normalized spacial score (nSPS) is 27.8. The molecular formula is C15H21NO3S. The van der Waals surface area contributed by atoms with Gasteiger partial charge >= 0.3 is 0 Å². The molecule has 2 saturated heterocycles. The zero-order chi connectivity index (χ0) is 13.9. The number of hydrogen-bond donors (Lipinski definition) is 0. The smallest absolute Gasteiger partial charge is 0.183 e. The Labute approximate surface area is 124 Å². The summed E-state index contributed by atoms with van der Waals surface area (Å²) >= 11 is 1.91. The number of thioether (sulfide) groups is 1. The van der Waals surface area contributed by atoms with E-state index in [1.807, 2.05) is 17.8 Å². The van der Waals surface area contributed by atoms with E-state index in [9.17, 15) is 0 Å². The Kier molecular flexibility index (Phi) is 4.36. The van der Waals surface area contributed by atoms with Gasteiger partial charge in [0.25, 0.3) is 0 Å². The number of hydrogen-bond acceptors (Lipinski definition) is 5. The second kappa shape index (κ2) is 6.22. The summed E-state index contributed by atoms with van der Waals surface area (Å²) in [7, 11) is 3.32. The summed E-state index contributed by atoms with van der Waals surface area (Å²) in [6.07, 6.45) is 6.56. The maximum absolute atomic E-state index is 5.90. The van der Waals surface area contributed by atoms with Crippen LogP contribution in [0.5, 0.6) is 11.5 Å². The molecule has 110 valence electrons. The fraction of sp³-hybridized carbons (Fsp3) is 0.667.